The number of nitrogens with zero attached hydrogens (tertiary/aromatic N) is 2. The average Bonchev–Trinajstić information content (AvgIpc) is 2.96. The van der Waals surface area contributed by atoms with Crippen molar-refractivity contribution < 1.29 is 0 Å². The summed E-state index contributed by atoms with van der Waals surface area (Å²) in [7, 11) is 0. The summed E-state index contributed by atoms with van der Waals surface area (Å²) < 4.78 is 3.38. The maximum Gasteiger partial charge on any atom is 0.173 e. The molecule has 0 radical (unpaired) electrons. The van der Waals surface area contributed by atoms with Gasteiger partial charge in [0.2, 0.25) is 0 Å². The summed E-state index contributed by atoms with van der Waals surface area (Å²) in [6.45, 7) is 0.755. The summed E-state index contributed by atoms with van der Waals surface area (Å²) >= 11 is 3.64. The van der Waals surface area contributed by atoms with Crippen molar-refractivity contribution in [2.45, 2.75) is 6.54 Å². The largest absolute Gasteiger partial charge is 0.336 e. The zero-order chi connectivity index (χ0) is 17.4. The van der Waals surface area contributed by atoms with Gasteiger partial charge in [-0.25, -0.2) is 5.53 Å². The lowest BCUT2D eigenvalue weighted by molar-refractivity contribution is 0.864. The minimum absolute atomic E-state index is 0.0236. The van der Waals surface area contributed by atoms with Gasteiger partial charge < -0.3 is 4.57 Å². The maximum absolute atomic E-state index is 7.81. The second kappa shape index (κ2) is 6.26. The first-order chi connectivity index (χ1) is 12.2. The van der Waals surface area contributed by atoms with Gasteiger partial charge in [0.1, 0.15) is 0 Å². The first-order valence-corrected chi connectivity index (χ1v) is 8.69. The fourth-order valence-corrected chi connectivity index (χ4v) is 3.64. The second-order valence-electron chi connectivity index (χ2n) is 5.89. The Labute approximate surface area is 153 Å². The van der Waals surface area contributed by atoms with E-state index in [1.54, 1.807) is 0 Å². The summed E-state index contributed by atoms with van der Waals surface area (Å²) in [5, 5.41) is 13.3. The Morgan fingerprint density at radius 3 is 2.44 bits per heavy atom. The van der Waals surface area contributed by atoms with Crippen LogP contribution in [0.5, 0.6) is 0 Å². The van der Waals surface area contributed by atoms with E-state index in [2.05, 4.69) is 49.9 Å². The summed E-state index contributed by atoms with van der Waals surface area (Å²) in [6, 6.07) is 22.3. The molecule has 0 unspecified atom stereocenters. The number of aromatic nitrogens is 1. The fourth-order valence-electron chi connectivity index (χ4n) is 3.23. The van der Waals surface area contributed by atoms with Crippen LogP contribution < -0.4 is 0 Å². The summed E-state index contributed by atoms with van der Waals surface area (Å²) in [6.07, 6.45) is 0. The molecule has 2 N–H and O–H groups in total. The molecule has 0 saturated carbocycles. The van der Waals surface area contributed by atoms with Crippen molar-refractivity contribution >= 4 is 43.6 Å². The molecule has 4 aromatic rings. The third kappa shape index (κ3) is 2.66. The van der Waals surface area contributed by atoms with Crippen molar-refractivity contribution in [2.75, 3.05) is 0 Å². The van der Waals surface area contributed by atoms with Gasteiger partial charge in [-0.15, -0.1) is 5.11 Å². The topological polar surface area (TPSA) is 65.0 Å². The first kappa shape index (κ1) is 15.7. The van der Waals surface area contributed by atoms with Gasteiger partial charge in [-0.1, -0.05) is 52.3 Å². The molecular formula is C20H15BrN4. The van der Waals surface area contributed by atoms with Gasteiger partial charge in [0.25, 0.3) is 0 Å². The van der Waals surface area contributed by atoms with E-state index in [-0.39, 0.29) is 5.84 Å². The van der Waals surface area contributed by atoms with Crippen molar-refractivity contribution in [1.82, 2.24) is 4.57 Å². The normalized spacial score (nSPS) is 11.1. The Bertz CT molecular complexity index is 1130. The number of fused-ring (bicyclic) bond motifs is 3. The van der Waals surface area contributed by atoms with Crippen molar-refractivity contribution in [2.24, 2.45) is 5.11 Å². The standard InChI is InChI=1S/C20H15BrN4/c21-17-7-3-1-5-14(17)12-25-18-8-4-2-6-15(18)16-11-13(20(22)24-23)9-10-19(16)25/h1-11,22-23H,12H2. The molecule has 0 amide bonds. The van der Waals surface area contributed by atoms with Crippen LogP contribution in [0.25, 0.3) is 21.8 Å². The van der Waals surface area contributed by atoms with E-state index in [4.69, 9.17) is 10.9 Å². The fraction of sp³-hybridized carbons (Fsp3) is 0.0500. The highest BCUT2D eigenvalue weighted by molar-refractivity contribution is 9.10. The Kier molecular flexibility index (Phi) is 3.93. The number of halogens is 1. The predicted molar refractivity (Wildman–Crippen MR) is 105 cm³/mol. The number of nitrogens with one attached hydrogen (secondary N) is 2. The first-order valence-electron chi connectivity index (χ1n) is 7.90. The Hall–Kier alpha value is -2.79. The third-order valence-corrected chi connectivity index (χ3v) is 5.22. The average molecular weight is 391 g/mol. The minimum atomic E-state index is -0.0236. The van der Waals surface area contributed by atoms with Crippen LogP contribution in [-0.4, -0.2) is 10.4 Å². The van der Waals surface area contributed by atoms with Crippen LogP contribution in [0.4, 0.5) is 0 Å². The molecular weight excluding hydrogens is 376 g/mol. The van der Waals surface area contributed by atoms with Gasteiger partial charge in [-0.05, 0) is 35.9 Å². The maximum atomic E-state index is 7.81. The van der Waals surface area contributed by atoms with Crippen LogP contribution in [0.1, 0.15) is 11.1 Å². The molecule has 3 aromatic carbocycles. The molecule has 1 aromatic heterocycles. The molecule has 0 aliphatic carbocycles. The lowest BCUT2D eigenvalue weighted by atomic mass is 10.1. The van der Waals surface area contributed by atoms with Crippen LogP contribution in [-0.2, 0) is 6.54 Å². The Balaban J connectivity index is 1.98. The van der Waals surface area contributed by atoms with E-state index < -0.39 is 0 Å². The van der Waals surface area contributed by atoms with Crippen LogP contribution in [0.3, 0.4) is 0 Å². The zero-order valence-corrected chi connectivity index (χ0v) is 14.9. The smallest absolute Gasteiger partial charge is 0.173 e. The van der Waals surface area contributed by atoms with Gasteiger partial charge in [0, 0.05) is 38.4 Å². The van der Waals surface area contributed by atoms with Crippen LogP contribution in [0.2, 0.25) is 0 Å². The number of para-hydroxylation sites is 1. The SMILES string of the molecule is N=NC(=N)c1ccc2c(c1)c1ccccc1n2Cc1ccccc1Br. The molecule has 0 aliphatic heterocycles. The number of hydrogen-bond donors (Lipinski definition) is 2. The monoisotopic (exact) mass is 390 g/mol. The summed E-state index contributed by atoms with van der Waals surface area (Å²) in [5.41, 5.74) is 11.2. The number of hydrogen-bond acceptors (Lipinski definition) is 2. The Morgan fingerprint density at radius 1 is 0.920 bits per heavy atom. The molecule has 1 heterocycles. The van der Waals surface area contributed by atoms with Gasteiger partial charge in [0.15, 0.2) is 5.84 Å². The van der Waals surface area contributed by atoms with Crippen molar-refractivity contribution in [3.05, 3.63) is 82.3 Å². The molecule has 0 fully saturated rings. The van der Waals surface area contributed by atoms with Gasteiger partial charge in [-0.2, -0.15) is 0 Å². The highest BCUT2D eigenvalue weighted by Crippen LogP contribution is 2.31. The highest BCUT2D eigenvalue weighted by Gasteiger charge is 2.13. The molecule has 4 nitrogen and oxygen atoms in total. The molecule has 4 rings (SSSR count). The van der Waals surface area contributed by atoms with E-state index in [0.29, 0.717) is 5.56 Å². The molecule has 122 valence electrons. The van der Waals surface area contributed by atoms with Crippen molar-refractivity contribution in [1.29, 1.82) is 10.9 Å². The molecule has 25 heavy (non-hydrogen) atoms. The van der Waals surface area contributed by atoms with Gasteiger partial charge in [0.05, 0.1) is 0 Å². The van der Waals surface area contributed by atoms with Crippen LogP contribution in [0, 0.1) is 10.9 Å². The molecule has 0 atom stereocenters. The van der Waals surface area contributed by atoms with E-state index in [1.807, 2.05) is 42.5 Å². The third-order valence-electron chi connectivity index (χ3n) is 4.44. The molecule has 0 spiro atoms. The van der Waals surface area contributed by atoms with E-state index in [1.165, 1.54) is 5.56 Å². The lowest BCUT2D eigenvalue weighted by Crippen LogP contribution is -2.00. The highest BCUT2D eigenvalue weighted by atomic mass is 79.9. The molecule has 5 heteroatoms. The number of amidine groups is 1. The quantitative estimate of drug-likeness (QED) is 0.246. The van der Waals surface area contributed by atoms with Gasteiger partial charge >= 0.3 is 0 Å². The van der Waals surface area contributed by atoms with Crippen LogP contribution in [0.15, 0.2) is 76.3 Å². The molecule has 0 aliphatic rings. The summed E-state index contributed by atoms with van der Waals surface area (Å²) in [5.74, 6) is -0.0236. The second-order valence-corrected chi connectivity index (χ2v) is 6.74. The van der Waals surface area contributed by atoms with E-state index in [9.17, 15) is 0 Å². The molecule has 0 bridgehead atoms. The van der Waals surface area contributed by atoms with Crippen molar-refractivity contribution in [3.8, 4) is 0 Å². The number of rotatable bonds is 3. The predicted octanol–water partition coefficient (Wildman–Crippen LogP) is 5.96. The Morgan fingerprint density at radius 2 is 1.64 bits per heavy atom. The molecule has 0 saturated heterocycles. The van der Waals surface area contributed by atoms with E-state index >= 15 is 0 Å². The van der Waals surface area contributed by atoms with Crippen LogP contribution >= 0.6 is 15.9 Å². The summed E-state index contributed by atoms with van der Waals surface area (Å²) in [4.78, 5) is 0. The lowest BCUT2D eigenvalue weighted by Gasteiger charge is -2.09. The zero-order valence-electron chi connectivity index (χ0n) is 13.3. The van der Waals surface area contributed by atoms with Gasteiger partial charge in [-0.3, -0.25) is 5.41 Å². The van der Waals surface area contributed by atoms with Crippen molar-refractivity contribution in [3.63, 3.8) is 0 Å². The number of benzene rings is 3. The van der Waals surface area contributed by atoms with E-state index in [0.717, 1.165) is 32.8 Å². The minimum Gasteiger partial charge on any atom is -0.336 e.